The lowest BCUT2D eigenvalue weighted by molar-refractivity contribution is 0.562. The molecule has 2 rings (SSSR count). The van der Waals surface area contributed by atoms with E-state index in [2.05, 4.69) is 36.1 Å². The van der Waals surface area contributed by atoms with Gasteiger partial charge in [0.05, 0.1) is 5.69 Å². The predicted molar refractivity (Wildman–Crippen MR) is 79.5 cm³/mol. The van der Waals surface area contributed by atoms with Gasteiger partial charge in [0, 0.05) is 24.9 Å². The van der Waals surface area contributed by atoms with Crippen LogP contribution in [-0.2, 0) is 11.8 Å². The van der Waals surface area contributed by atoms with Crippen molar-refractivity contribution in [2.75, 3.05) is 12.4 Å². The minimum absolute atomic E-state index is 0.0709. The molecule has 4 heteroatoms. The second-order valence-corrected chi connectivity index (χ2v) is 5.82. The van der Waals surface area contributed by atoms with Crippen molar-refractivity contribution in [2.24, 2.45) is 0 Å². The zero-order valence-corrected chi connectivity index (χ0v) is 12.4. The van der Waals surface area contributed by atoms with Gasteiger partial charge in [-0.1, -0.05) is 39.0 Å². The summed E-state index contributed by atoms with van der Waals surface area (Å²) in [5.41, 5.74) is 1.49. The molecule has 3 nitrogen and oxygen atoms in total. The van der Waals surface area contributed by atoms with E-state index in [0.29, 0.717) is 17.8 Å². The number of hydrogen-bond acceptors (Lipinski definition) is 3. The first kappa shape index (κ1) is 14.4. The molecule has 0 unspecified atom stereocenters. The molecular formula is C16H20FN3. The monoisotopic (exact) mass is 273 g/mol. The van der Waals surface area contributed by atoms with Crippen molar-refractivity contribution in [1.29, 1.82) is 0 Å². The standard InChI is InChI=1S/C16H20FN3/c1-16(2,3)13-10-14(18-4)20-15(19-13)9-11-7-5-6-8-12(11)17/h5-8,10H,9H2,1-4H3,(H,18,19,20). The van der Waals surface area contributed by atoms with Crippen molar-refractivity contribution in [3.05, 3.63) is 53.2 Å². The van der Waals surface area contributed by atoms with Gasteiger partial charge in [0.2, 0.25) is 0 Å². The molecule has 0 saturated heterocycles. The van der Waals surface area contributed by atoms with Crippen molar-refractivity contribution in [1.82, 2.24) is 9.97 Å². The van der Waals surface area contributed by atoms with Crippen molar-refractivity contribution >= 4 is 5.82 Å². The molecule has 0 aliphatic rings. The summed E-state index contributed by atoms with van der Waals surface area (Å²) < 4.78 is 13.7. The Morgan fingerprint density at radius 2 is 1.85 bits per heavy atom. The summed E-state index contributed by atoms with van der Waals surface area (Å²) in [6, 6.07) is 8.67. The van der Waals surface area contributed by atoms with Crippen molar-refractivity contribution in [3.8, 4) is 0 Å². The van der Waals surface area contributed by atoms with E-state index in [4.69, 9.17) is 0 Å². The third-order valence-corrected chi connectivity index (χ3v) is 3.10. The van der Waals surface area contributed by atoms with E-state index in [0.717, 1.165) is 11.5 Å². The SMILES string of the molecule is CNc1cc(C(C)(C)C)nc(Cc2ccccc2F)n1. The highest BCUT2D eigenvalue weighted by atomic mass is 19.1. The van der Waals surface area contributed by atoms with Gasteiger partial charge in [-0.2, -0.15) is 0 Å². The number of aromatic nitrogens is 2. The van der Waals surface area contributed by atoms with E-state index in [1.807, 2.05) is 19.2 Å². The lowest BCUT2D eigenvalue weighted by atomic mass is 9.92. The molecule has 0 atom stereocenters. The summed E-state index contributed by atoms with van der Waals surface area (Å²) in [6.07, 6.45) is 0.394. The van der Waals surface area contributed by atoms with Crippen molar-refractivity contribution in [3.63, 3.8) is 0 Å². The zero-order valence-electron chi connectivity index (χ0n) is 12.4. The fraction of sp³-hybridized carbons (Fsp3) is 0.375. The van der Waals surface area contributed by atoms with Gasteiger partial charge < -0.3 is 5.32 Å². The summed E-state index contributed by atoms with van der Waals surface area (Å²) in [7, 11) is 1.82. The van der Waals surface area contributed by atoms with Crippen molar-refractivity contribution < 1.29 is 4.39 Å². The van der Waals surface area contributed by atoms with Crippen LogP contribution in [0.5, 0.6) is 0 Å². The Balaban J connectivity index is 2.39. The van der Waals surface area contributed by atoms with Crippen LogP contribution in [-0.4, -0.2) is 17.0 Å². The van der Waals surface area contributed by atoms with E-state index in [1.54, 1.807) is 12.1 Å². The molecule has 0 radical (unpaired) electrons. The van der Waals surface area contributed by atoms with Gasteiger partial charge in [-0.25, -0.2) is 14.4 Å². The normalized spacial score (nSPS) is 11.4. The molecule has 1 heterocycles. The summed E-state index contributed by atoms with van der Waals surface area (Å²) >= 11 is 0. The van der Waals surface area contributed by atoms with Crippen molar-refractivity contribution in [2.45, 2.75) is 32.6 Å². The molecule has 2 aromatic rings. The molecular weight excluding hydrogens is 253 g/mol. The van der Waals surface area contributed by atoms with Gasteiger partial charge in [-0.15, -0.1) is 0 Å². The van der Waals surface area contributed by atoms with Crippen LogP contribution < -0.4 is 5.32 Å². The minimum Gasteiger partial charge on any atom is -0.373 e. The predicted octanol–water partition coefficient (Wildman–Crippen LogP) is 3.55. The van der Waals surface area contributed by atoms with E-state index < -0.39 is 0 Å². The maximum atomic E-state index is 13.7. The molecule has 0 fully saturated rings. The number of hydrogen-bond donors (Lipinski definition) is 1. The van der Waals surface area contributed by atoms with E-state index in [1.165, 1.54) is 6.07 Å². The van der Waals surface area contributed by atoms with E-state index in [9.17, 15) is 4.39 Å². The Hall–Kier alpha value is -1.97. The second-order valence-electron chi connectivity index (χ2n) is 5.82. The summed E-state index contributed by atoms with van der Waals surface area (Å²) in [6.45, 7) is 6.30. The first-order valence-electron chi connectivity index (χ1n) is 6.70. The lowest BCUT2D eigenvalue weighted by Gasteiger charge is -2.19. The molecule has 1 aromatic heterocycles. The molecule has 0 aliphatic heterocycles. The molecule has 1 aromatic carbocycles. The lowest BCUT2D eigenvalue weighted by Crippen LogP contribution is -2.16. The van der Waals surface area contributed by atoms with Gasteiger partial charge in [0.25, 0.3) is 0 Å². The largest absolute Gasteiger partial charge is 0.373 e. The number of benzene rings is 1. The summed E-state index contributed by atoms with van der Waals surface area (Å²) in [5.74, 6) is 1.17. The molecule has 0 saturated carbocycles. The Morgan fingerprint density at radius 1 is 1.15 bits per heavy atom. The first-order chi connectivity index (χ1) is 9.40. The molecule has 1 N–H and O–H groups in total. The Bertz CT molecular complexity index is 603. The maximum absolute atomic E-state index is 13.7. The van der Waals surface area contributed by atoms with Gasteiger partial charge in [-0.05, 0) is 11.6 Å². The molecule has 0 amide bonds. The highest BCUT2D eigenvalue weighted by molar-refractivity contribution is 5.38. The van der Waals surface area contributed by atoms with Crippen LogP contribution in [0.2, 0.25) is 0 Å². The van der Waals surface area contributed by atoms with Crippen LogP contribution >= 0.6 is 0 Å². The third kappa shape index (κ3) is 3.32. The Kier molecular flexibility index (Phi) is 4.02. The van der Waals surface area contributed by atoms with Crippen LogP contribution in [0.15, 0.2) is 30.3 Å². The highest BCUT2D eigenvalue weighted by Crippen LogP contribution is 2.23. The second kappa shape index (κ2) is 5.57. The van der Waals surface area contributed by atoms with Gasteiger partial charge in [0.15, 0.2) is 0 Å². The fourth-order valence-electron chi connectivity index (χ4n) is 1.90. The Labute approximate surface area is 119 Å². The number of halogens is 1. The average Bonchev–Trinajstić information content (AvgIpc) is 2.40. The molecule has 0 aliphatic carbocycles. The quantitative estimate of drug-likeness (QED) is 0.929. The molecule has 0 bridgehead atoms. The van der Waals surface area contributed by atoms with Gasteiger partial charge in [-0.3, -0.25) is 0 Å². The Morgan fingerprint density at radius 3 is 2.45 bits per heavy atom. The van der Waals surface area contributed by atoms with Gasteiger partial charge >= 0.3 is 0 Å². The topological polar surface area (TPSA) is 37.8 Å². The minimum atomic E-state index is -0.219. The van der Waals surface area contributed by atoms with Crippen LogP contribution in [0.1, 0.15) is 37.9 Å². The average molecular weight is 273 g/mol. The number of nitrogens with one attached hydrogen (secondary N) is 1. The maximum Gasteiger partial charge on any atom is 0.135 e. The van der Waals surface area contributed by atoms with Gasteiger partial charge in [0.1, 0.15) is 17.5 Å². The smallest absolute Gasteiger partial charge is 0.135 e. The van der Waals surface area contributed by atoms with E-state index in [-0.39, 0.29) is 11.2 Å². The molecule has 20 heavy (non-hydrogen) atoms. The fourth-order valence-corrected chi connectivity index (χ4v) is 1.90. The summed E-state index contributed by atoms with van der Waals surface area (Å²) in [4.78, 5) is 8.98. The van der Waals surface area contributed by atoms with Crippen LogP contribution in [0, 0.1) is 5.82 Å². The van der Waals surface area contributed by atoms with Crippen LogP contribution in [0.25, 0.3) is 0 Å². The third-order valence-electron chi connectivity index (χ3n) is 3.10. The zero-order chi connectivity index (χ0) is 14.8. The molecule has 106 valence electrons. The number of anilines is 1. The number of rotatable bonds is 3. The van der Waals surface area contributed by atoms with Crippen LogP contribution in [0.4, 0.5) is 10.2 Å². The first-order valence-corrected chi connectivity index (χ1v) is 6.70. The number of nitrogens with zero attached hydrogens (tertiary/aromatic N) is 2. The molecule has 0 spiro atoms. The summed E-state index contributed by atoms with van der Waals surface area (Å²) in [5, 5.41) is 3.04. The highest BCUT2D eigenvalue weighted by Gasteiger charge is 2.18. The van der Waals surface area contributed by atoms with Crippen LogP contribution in [0.3, 0.4) is 0 Å². The van der Waals surface area contributed by atoms with E-state index >= 15 is 0 Å².